The van der Waals surface area contributed by atoms with Crippen molar-refractivity contribution < 1.29 is 9.66 Å². The van der Waals surface area contributed by atoms with Gasteiger partial charge >= 0.3 is 0 Å². The molecule has 0 amide bonds. The molecular weight excluding hydrogens is 328 g/mol. The van der Waals surface area contributed by atoms with E-state index in [2.05, 4.69) is 6.07 Å². The highest BCUT2D eigenvalue weighted by Gasteiger charge is 2.16. The summed E-state index contributed by atoms with van der Waals surface area (Å²) < 4.78 is 5.43. The van der Waals surface area contributed by atoms with E-state index in [1.54, 1.807) is 18.2 Å². The zero-order chi connectivity index (χ0) is 18.5. The molecule has 0 atom stereocenters. The van der Waals surface area contributed by atoms with Crippen LogP contribution in [-0.4, -0.2) is 12.0 Å². The molecule has 3 aromatic carbocycles. The molecule has 0 spiro atoms. The molecule has 3 aromatic rings. The largest absolute Gasteiger partial charge is 0.495 e. The van der Waals surface area contributed by atoms with Gasteiger partial charge in [-0.1, -0.05) is 42.5 Å². The Labute approximate surface area is 151 Å². The molecule has 0 aliphatic heterocycles. The monoisotopic (exact) mass is 344 g/mol. The summed E-state index contributed by atoms with van der Waals surface area (Å²) in [4.78, 5) is 10.7. The molecule has 26 heavy (non-hydrogen) atoms. The van der Waals surface area contributed by atoms with Crippen LogP contribution in [0, 0.1) is 21.4 Å². The van der Waals surface area contributed by atoms with Crippen molar-refractivity contribution in [3.8, 4) is 22.9 Å². The van der Waals surface area contributed by atoms with Crippen LogP contribution in [0.25, 0.3) is 11.1 Å². The van der Waals surface area contributed by atoms with Gasteiger partial charge in [-0.3, -0.25) is 10.1 Å². The van der Waals surface area contributed by atoms with Crippen LogP contribution in [0.15, 0.2) is 66.7 Å². The van der Waals surface area contributed by atoms with E-state index in [9.17, 15) is 15.4 Å². The Hall–Kier alpha value is -3.65. The third-order valence-electron chi connectivity index (χ3n) is 4.09. The van der Waals surface area contributed by atoms with Crippen LogP contribution in [0.3, 0.4) is 0 Å². The predicted octanol–water partition coefficient (Wildman–Crippen LogP) is 4.73. The van der Waals surface area contributed by atoms with Crippen molar-refractivity contribution in [1.29, 1.82) is 5.26 Å². The minimum absolute atomic E-state index is 0.00322. The van der Waals surface area contributed by atoms with Crippen molar-refractivity contribution in [2.24, 2.45) is 0 Å². The van der Waals surface area contributed by atoms with Crippen LogP contribution in [0.1, 0.15) is 16.7 Å². The maximum Gasteiger partial charge on any atom is 0.270 e. The minimum Gasteiger partial charge on any atom is -0.495 e. The molecule has 128 valence electrons. The van der Waals surface area contributed by atoms with Crippen LogP contribution in [0.5, 0.6) is 5.75 Å². The third kappa shape index (κ3) is 3.55. The fraction of sp³-hybridized carbons (Fsp3) is 0.0952. The number of nitro groups is 1. The fourth-order valence-corrected chi connectivity index (χ4v) is 2.93. The van der Waals surface area contributed by atoms with Gasteiger partial charge in [-0.25, -0.2) is 0 Å². The first-order valence-electron chi connectivity index (χ1n) is 8.02. The molecule has 0 radical (unpaired) electrons. The summed E-state index contributed by atoms with van der Waals surface area (Å²) >= 11 is 0. The lowest BCUT2D eigenvalue weighted by atomic mass is 9.95. The Morgan fingerprint density at radius 3 is 2.46 bits per heavy atom. The number of methoxy groups -OCH3 is 1. The van der Waals surface area contributed by atoms with E-state index in [1.165, 1.54) is 19.2 Å². The first-order valence-corrected chi connectivity index (χ1v) is 8.02. The first kappa shape index (κ1) is 17.2. The van der Waals surface area contributed by atoms with Crippen LogP contribution in [-0.2, 0) is 6.42 Å². The Morgan fingerprint density at radius 2 is 1.81 bits per heavy atom. The Balaban J connectivity index is 2.14. The topological polar surface area (TPSA) is 76.2 Å². The molecule has 5 heteroatoms. The standard InChI is InChI=1S/C21H16N2O3/c1-26-21-18(14-22)11-16(10-15-6-3-2-4-7-15)12-20(21)17-8-5-9-19(13-17)23(24)25/h2-9,11-13H,10H2,1H3. The second kappa shape index (κ2) is 7.49. The van der Waals surface area contributed by atoms with Gasteiger partial charge in [0.05, 0.1) is 17.6 Å². The number of benzene rings is 3. The Morgan fingerprint density at radius 1 is 1.04 bits per heavy atom. The molecule has 0 bridgehead atoms. The summed E-state index contributed by atoms with van der Waals surface area (Å²) in [6.45, 7) is 0. The lowest BCUT2D eigenvalue weighted by Gasteiger charge is -2.13. The second-order valence-electron chi connectivity index (χ2n) is 5.81. The second-order valence-corrected chi connectivity index (χ2v) is 5.81. The van der Waals surface area contributed by atoms with Crippen LogP contribution in [0.4, 0.5) is 5.69 Å². The molecule has 0 saturated heterocycles. The van der Waals surface area contributed by atoms with E-state index in [1.807, 2.05) is 36.4 Å². The van der Waals surface area contributed by atoms with Gasteiger partial charge in [-0.15, -0.1) is 0 Å². The third-order valence-corrected chi connectivity index (χ3v) is 4.09. The molecule has 0 aromatic heterocycles. The summed E-state index contributed by atoms with van der Waals surface area (Å²) in [5.41, 5.74) is 3.77. The van der Waals surface area contributed by atoms with E-state index in [-0.39, 0.29) is 5.69 Å². The molecule has 0 N–H and O–H groups in total. The first-order chi connectivity index (χ1) is 12.6. The zero-order valence-corrected chi connectivity index (χ0v) is 14.2. The van der Waals surface area contributed by atoms with Crippen molar-refractivity contribution >= 4 is 5.69 Å². The molecule has 0 unspecified atom stereocenters. The number of nitrogens with zero attached hydrogens (tertiary/aromatic N) is 2. The molecular formula is C21H16N2O3. The van der Waals surface area contributed by atoms with E-state index in [4.69, 9.17) is 4.74 Å². The molecule has 0 aliphatic rings. The molecule has 5 nitrogen and oxygen atoms in total. The van der Waals surface area contributed by atoms with Gasteiger partial charge in [-0.2, -0.15) is 5.26 Å². The van der Waals surface area contributed by atoms with Crippen molar-refractivity contribution in [1.82, 2.24) is 0 Å². The van der Waals surface area contributed by atoms with E-state index in [0.717, 1.165) is 11.1 Å². The zero-order valence-electron chi connectivity index (χ0n) is 14.2. The summed E-state index contributed by atoms with van der Waals surface area (Å²) in [6.07, 6.45) is 0.654. The predicted molar refractivity (Wildman–Crippen MR) is 99.0 cm³/mol. The number of rotatable bonds is 5. The Kier molecular flexibility index (Phi) is 4.95. The molecule has 3 rings (SSSR count). The lowest BCUT2D eigenvalue weighted by Crippen LogP contribution is -1.97. The van der Waals surface area contributed by atoms with Gasteiger partial charge in [0.15, 0.2) is 0 Å². The molecule has 0 aliphatic carbocycles. The van der Waals surface area contributed by atoms with Gasteiger partial charge in [0.25, 0.3) is 5.69 Å². The van der Waals surface area contributed by atoms with E-state index >= 15 is 0 Å². The minimum atomic E-state index is -0.436. The molecule has 0 fully saturated rings. The number of hydrogen-bond donors (Lipinski definition) is 0. The van der Waals surface area contributed by atoms with Gasteiger partial charge in [0.1, 0.15) is 11.8 Å². The normalized spacial score (nSPS) is 10.2. The number of ether oxygens (including phenoxy) is 1. The number of hydrogen-bond acceptors (Lipinski definition) is 4. The maximum atomic E-state index is 11.1. The van der Waals surface area contributed by atoms with Gasteiger partial charge in [0.2, 0.25) is 0 Å². The fourth-order valence-electron chi connectivity index (χ4n) is 2.93. The highest BCUT2D eigenvalue weighted by atomic mass is 16.6. The average molecular weight is 344 g/mol. The maximum absolute atomic E-state index is 11.1. The molecule has 0 saturated carbocycles. The molecule has 0 heterocycles. The number of non-ortho nitro benzene ring substituents is 1. The lowest BCUT2D eigenvalue weighted by molar-refractivity contribution is -0.384. The summed E-state index contributed by atoms with van der Waals surface area (Å²) in [7, 11) is 1.49. The summed E-state index contributed by atoms with van der Waals surface area (Å²) in [5.74, 6) is 0.421. The highest BCUT2D eigenvalue weighted by molar-refractivity contribution is 5.76. The van der Waals surface area contributed by atoms with Crippen LogP contribution in [0.2, 0.25) is 0 Å². The van der Waals surface area contributed by atoms with Gasteiger partial charge in [0, 0.05) is 17.7 Å². The van der Waals surface area contributed by atoms with Crippen molar-refractivity contribution in [2.75, 3.05) is 7.11 Å². The SMILES string of the molecule is COc1c(C#N)cc(Cc2ccccc2)cc1-c1cccc([N+](=O)[O-])c1. The number of nitriles is 1. The van der Waals surface area contributed by atoms with E-state index in [0.29, 0.717) is 28.9 Å². The quantitative estimate of drug-likeness (QED) is 0.495. The van der Waals surface area contributed by atoms with Crippen molar-refractivity contribution in [2.45, 2.75) is 6.42 Å². The Bertz CT molecular complexity index is 992. The summed E-state index contributed by atoms with van der Waals surface area (Å²) in [6, 6.07) is 22.1. The van der Waals surface area contributed by atoms with E-state index < -0.39 is 4.92 Å². The van der Waals surface area contributed by atoms with Crippen LogP contribution < -0.4 is 4.74 Å². The van der Waals surface area contributed by atoms with Crippen LogP contribution >= 0.6 is 0 Å². The summed E-state index contributed by atoms with van der Waals surface area (Å²) in [5, 5.41) is 20.6. The van der Waals surface area contributed by atoms with Crippen molar-refractivity contribution in [3.05, 3.63) is 93.5 Å². The number of nitro benzene ring substituents is 1. The van der Waals surface area contributed by atoms with Gasteiger partial charge in [-0.05, 0) is 35.2 Å². The van der Waals surface area contributed by atoms with Crippen molar-refractivity contribution in [3.63, 3.8) is 0 Å². The average Bonchev–Trinajstić information content (AvgIpc) is 2.68. The van der Waals surface area contributed by atoms with Gasteiger partial charge < -0.3 is 4.74 Å². The smallest absolute Gasteiger partial charge is 0.270 e. The highest BCUT2D eigenvalue weighted by Crippen LogP contribution is 2.36.